The Hall–Kier alpha value is -2.90. The van der Waals surface area contributed by atoms with Crippen LogP contribution in [0.25, 0.3) is 0 Å². The summed E-state index contributed by atoms with van der Waals surface area (Å²) in [7, 11) is 0. The molecule has 146 valence electrons. The summed E-state index contributed by atoms with van der Waals surface area (Å²) < 4.78 is 4.41. The topological polar surface area (TPSA) is 127 Å². The van der Waals surface area contributed by atoms with Crippen molar-refractivity contribution < 1.29 is 14.5 Å². The van der Waals surface area contributed by atoms with Crippen LogP contribution < -0.4 is 11.2 Å². The zero-order valence-corrected chi connectivity index (χ0v) is 15.5. The molecule has 4 aliphatic rings. The van der Waals surface area contributed by atoms with E-state index in [1.54, 1.807) is 6.07 Å². The van der Waals surface area contributed by atoms with Crippen molar-refractivity contribution in [3.05, 3.63) is 35.0 Å². The van der Waals surface area contributed by atoms with E-state index in [1.807, 2.05) is 6.07 Å². The minimum absolute atomic E-state index is 0.0978. The molecule has 0 unspecified atom stereocenters. The average Bonchev–Trinajstić information content (AvgIpc) is 3.08. The Kier molecular flexibility index (Phi) is 3.89. The second-order valence-electron chi connectivity index (χ2n) is 8.67. The molecule has 4 fully saturated rings. The second-order valence-corrected chi connectivity index (χ2v) is 8.67. The summed E-state index contributed by atoms with van der Waals surface area (Å²) in [6, 6.07) is 5.81. The maximum absolute atomic E-state index is 12.0. The number of phenolic OH excluding ortho intramolecular Hbond substituents is 1. The van der Waals surface area contributed by atoms with Crippen molar-refractivity contribution in [1.29, 1.82) is 0 Å². The van der Waals surface area contributed by atoms with Gasteiger partial charge in [-0.2, -0.15) is 5.10 Å². The summed E-state index contributed by atoms with van der Waals surface area (Å²) in [6.07, 6.45) is 9.34. The van der Waals surface area contributed by atoms with E-state index < -0.39 is 5.91 Å². The molecule has 1 heterocycles. The molecule has 0 atom stereocenters. The van der Waals surface area contributed by atoms with Gasteiger partial charge in [-0.3, -0.25) is 4.79 Å². The van der Waals surface area contributed by atoms with E-state index in [-0.39, 0.29) is 22.7 Å². The monoisotopic (exact) mass is 381 g/mol. The Morgan fingerprint density at radius 1 is 1.21 bits per heavy atom. The molecular formula is C20H23N5O3. The predicted molar refractivity (Wildman–Crippen MR) is 102 cm³/mol. The largest absolute Gasteiger partial charge is 0.507 e. The summed E-state index contributed by atoms with van der Waals surface area (Å²) in [5.74, 6) is 1.95. The van der Waals surface area contributed by atoms with Gasteiger partial charge in [0.25, 0.3) is 5.91 Å². The number of aromatic nitrogens is 2. The zero-order valence-electron chi connectivity index (χ0n) is 15.5. The molecule has 8 nitrogen and oxygen atoms in total. The molecule has 1 amide bonds. The highest BCUT2D eigenvalue weighted by Crippen LogP contribution is 2.60. The van der Waals surface area contributed by atoms with E-state index in [0.29, 0.717) is 5.56 Å². The van der Waals surface area contributed by atoms with Crippen molar-refractivity contribution in [1.82, 2.24) is 15.7 Å². The first-order chi connectivity index (χ1) is 13.5. The number of nitrogens with zero attached hydrogens (tertiary/aromatic N) is 3. The molecule has 2 aromatic rings. The van der Waals surface area contributed by atoms with E-state index in [2.05, 4.69) is 31.5 Å². The predicted octanol–water partition coefficient (Wildman–Crippen LogP) is 2.59. The van der Waals surface area contributed by atoms with E-state index in [9.17, 15) is 9.90 Å². The Morgan fingerprint density at radius 3 is 2.50 bits per heavy atom. The fourth-order valence-electron chi connectivity index (χ4n) is 6.02. The van der Waals surface area contributed by atoms with Gasteiger partial charge in [0.1, 0.15) is 5.75 Å². The van der Waals surface area contributed by atoms with Crippen molar-refractivity contribution in [2.45, 2.75) is 43.9 Å². The summed E-state index contributed by atoms with van der Waals surface area (Å²) >= 11 is 0. The lowest BCUT2D eigenvalue weighted by molar-refractivity contribution is -0.00520. The average molecular weight is 381 g/mol. The lowest BCUT2D eigenvalue weighted by atomic mass is 9.48. The fraction of sp³-hybridized carbons (Fsp3) is 0.500. The van der Waals surface area contributed by atoms with Crippen LogP contribution >= 0.6 is 0 Å². The fourth-order valence-corrected chi connectivity index (χ4v) is 6.02. The van der Waals surface area contributed by atoms with E-state index in [1.165, 1.54) is 50.3 Å². The highest BCUT2D eigenvalue weighted by Gasteiger charge is 2.51. The molecule has 4 bridgehead atoms. The Bertz CT molecular complexity index is 916. The molecule has 4 N–H and O–H groups in total. The van der Waals surface area contributed by atoms with Gasteiger partial charge in [-0.15, -0.1) is 0 Å². The summed E-state index contributed by atoms with van der Waals surface area (Å²) in [4.78, 5) is 12.0. The van der Waals surface area contributed by atoms with Gasteiger partial charge in [-0.05, 0) is 89.7 Å². The van der Waals surface area contributed by atoms with Gasteiger partial charge in [0.2, 0.25) is 11.5 Å². The number of nitrogen functional groups attached to an aromatic ring is 1. The number of hydrazone groups is 1. The van der Waals surface area contributed by atoms with Crippen LogP contribution in [-0.4, -0.2) is 27.5 Å². The number of rotatable bonds is 4. The third-order valence-electron chi connectivity index (χ3n) is 6.78. The van der Waals surface area contributed by atoms with E-state index in [0.717, 1.165) is 17.8 Å². The third-order valence-corrected chi connectivity index (χ3v) is 6.78. The van der Waals surface area contributed by atoms with Gasteiger partial charge in [0, 0.05) is 5.56 Å². The van der Waals surface area contributed by atoms with E-state index in [4.69, 9.17) is 5.73 Å². The second kappa shape index (κ2) is 6.32. The number of anilines is 1. The van der Waals surface area contributed by atoms with Crippen LogP contribution in [0.4, 0.5) is 5.82 Å². The first-order valence-corrected chi connectivity index (χ1v) is 9.77. The molecule has 8 heteroatoms. The van der Waals surface area contributed by atoms with Crippen LogP contribution in [0.3, 0.4) is 0 Å². The molecule has 1 aromatic heterocycles. The van der Waals surface area contributed by atoms with Crippen molar-refractivity contribution in [3.8, 4) is 5.75 Å². The molecule has 6 rings (SSSR count). The molecule has 0 radical (unpaired) electrons. The van der Waals surface area contributed by atoms with Crippen molar-refractivity contribution in [2.24, 2.45) is 22.9 Å². The molecule has 0 saturated heterocycles. The van der Waals surface area contributed by atoms with Crippen LogP contribution in [0.2, 0.25) is 0 Å². The van der Waals surface area contributed by atoms with Crippen LogP contribution in [0.1, 0.15) is 60.1 Å². The lowest BCUT2D eigenvalue weighted by Crippen LogP contribution is -2.48. The number of benzene rings is 1. The van der Waals surface area contributed by atoms with Gasteiger partial charge >= 0.3 is 0 Å². The summed E-state index contributed by atoms with van der Waals surface area (Å²) in [6.45, 7) is 0. The maximum atomic E-state index is 12.0. The standard InChI is InChI=1S/C20H23N5O3/c21-18-17(24-28-25-18)19(27)23-22-10-14-6-15(1-2-16(14)26)20-7-11-3-12(8-20)5-13(4-11)9-20/h1-2,6,10-13,26H,3-5,7-9H2,(H2,21,25)(H,23,27). The van der Waals surface area contributed by atoms with Crippen LogP contribution in [0.5, 0.6) is 5.75 Å². The van der Waals surface area contributed by atoms with Gasteiger partial charge in [0.05, 0.1) is 6.21 Å². The first-order valence-electron chi connectivity index (χ1n) is 9.77. The van der Waals surface area contributed by atoms with Crippen molar-refractivity contribution >= 4 is 17.9 Å². The normalized spacial score (nSPS) is 30.8. The number of carbonyl (C=O) groups excluding carboxylic acids is 1. The number of carbonyl (C=O) groups is 1. The number of aromatic hydroxyl groups is 1. The van der Waals surface area contributed by atoms with Gasteiger partial charge in [0.15, 0.2) is 0 Å². The number of amides is 1. The number of nitrogens with two attached hydrogens (primary N) is 1. The molecule has 1 aromatic carbocycles. The zero-order chi connectivity index (χ0) is 19.3. The van der Waals surface area contributed by atoms with Crippen LogP contribution in [0, 0.1) is 17.8 Å². The van der Waals surface area contributed by atoms with Gasteiger partial charge < -0.3 is 10.8 Å². The summed E-state index contributed by atoms with van der Waals surface area (Å²) in [5.41, 5.74) is 9.80. The van der Waals surface area contributed by atoms with E-state index >= 15 is 0 Å². The molecular weight excluding hydrogens is 358 g/mol. The maximum Gasteiger partial charge on any atom is 0.297 e. The van der Waals surface area contributed by atoms with Gasteiger partial charge in [-0.25, -0.2) is 10.1 Å². The quantitative estimate of drug-likeness (QED) is 0.552. The van der Waals surface area contributed by atoms with Gasteiger partial charge in [-0.1, -0.05) is 6.07 Å². The smallest absolute Gasteiger partial charge is 0.297 e. The Balaban J connectivity index is 1.36. The third kappa shape index (κ3) is 2.83. The molecule has 0 aliphatic heterocycles. The number of phenols is 1. The van der Waals surface area contributed by atoms with Crippen LogP contribution in [0.15, 0.2) is 27.9 Å². The molecule has 0 spiro atoms. The number of hydrogen-bond acceptors (Lipinski definition) is 7. The minimum Gasteiger partial charge on any atom is -0.507 e. The first kappa shape index (κ1) is 17.2. The Labute approximate surface area is 162 Å². The SMILES string of the molecule is Nc1nonc1C(=O)NN=Cc1cc(C23CC4CC(CC(C4)C2)C3)ccc1O. The minimum atomic E-state index is -0.619. The van der Waals surface area contributed by atoms with Crippen LogP contribution in [-0.2, 0) is 5.41 Å². The highest BCUT2D eigenvalue weighted by molar-refractivity contribution is 5.96. The summed E-state index contributed by atoms with van der Waals surface area (Å²) in [5, 5.41) is 21.0. The molecule has 4 saturated carbocycles. The highest BCUT2D eigenvalue weighted by atomic mass is 16.6. The number of nitrogens with one attached hydrogen (secondary N) is 1. The molecule has 4 aliphatic carbocycles. The number of hydrogen-bond donors (Lipinski definition) is 3. The Morgan fingerprint density at radius 2 is 1.89 bits per heavy atom. The van der Waals surface area contributed by atoms with Crippen molar-refractivity contribution in [3.63, 3.8) is 0 Å². The van der Waals surface area contributed by atoms with Crippen molar-refractivity contribution in [2.75, 3.05) is 5.73 Å². The molecule has 28 heavy (non-hydrogen) atoms. The lowest BCUT2D eigenvalue weighted by Gasteiger charge is -2.57.